The van der Waals surface area contributed by atoms with Crippen LogP contribution in [0.2, 0.25) is 0 Å². The summed E-state index contributed by atoms with van der Waals surface area (Å²) in [6.07, 6.45) is 7.46. The molecule has 202 valence electrons. The third kappa shape index (κ3) is 6.92. The van der Waals surface area contributed by atoms with Crippen LogP contribution in [0.15, 0.2) is 53.1 Å². The molecule has 3 N–H and O–H groups in total. The lowest BCUT2D eigenvalue weighted by Crippen LogP contribution is -2.26. The van der Waals surface area contributed by atoms with Gasteiger partial charge in [0.2, 0.25) is 5.88 Å². The molecule has 0 radical (unpaired) electrons. The molecule has 1 fully saturated rings. The Labute approximate surface area is 222 Å². The zero-order chi connectivity index (χ0) is 26.9. The van der Waals surface area contributed by atoms with Crippen molar-refractivity contribution in [3.05, 3.63) is 65.5 Å². The van der Waals surface area contributed by atoms with Gasteiger partial charge in [0.25, 0.3) is 5.91 Å². The molecule has 2 heterocycles. The van der Waals surface area contributed by atoms with E-state index in [0.717, 1.165) is 41.2 Å². The molecule has 1 amide bonds. The van der Waals surface area contributed by atoms with Gasteiger partial charge in [-0.15, -0.1) is 0 Å². The number of nitrogens with one attached hydrogen (secondary N) is 2. The van der Waals surface area contributed by atoms with Gasteiger partial charge in [0.15, 0.2) is 0 Å². The third-order valence-electron chi connectivity index (χ3n) is 6.90. The highest BCUT2D eigenvalue weighted by molar-refractivity contribution is 5.94. The summed E-state index contributed by atoms with van der Waals surface area (Å²) in [5.41, 5.74) is 3.28. The Hall–Kier alpha value is -3.85. The van der Waals surface area contributed by atoms with E-state index in [4.69, 9.17) is 19.0 Å². The van der Waals surface area contributed by atoms with Gasteiger partial charge in [-0.2, -0.15) is 0 Å². The first-order chi connectivity index (χ1) is 18.5. The van der Waals surface area contributed by atoms with Gasteiger partial charge in [-0.05, 0) is 55.2 Å². The van der Waals surface area contributed by atoms with Crippen LogP contribution in [0.4, 0.5) is 5.69 Å². The number of hydrogen-bond acceptors (Lipinski definition) is 7. The normalized spacial score (nSPS) is 14.6. The fourth-order valence-electron chi connectivity index (χ4n) is 4.94. The number of benzene rings is 1. The van der Waals surface area contributed by atoms with E-state index in [2.05, 4.69) is 21.7 Å². The Balaban J connectivity index is 1.59. The summed E-state index contributed by atoms with van der Waals surface area (Å²) in [5.74, 6) is 1.21. The summed E-state index contributed by atoms with van der Waals surface area (Å²) in [7, 11) is 3.24. The molecule has 0 saturated heterocycles. The smallest absolute Gasteiger partial charge is 0.305 e. The maximum absolute atomic E-state index is 12.4. The molecule has 1 atom stereocenters. The number of aliphatic carboxylic acids is 1. The molecule has 3 aromatic rings. The fourth-order valence-corrected chi connectivity index (χ4v) is 4.94. The minimum Gasteiger partial charge on any atom is -0.481 e. The number of furan rings is 1. The van der Waals surface area contributed by atoms with Gasteiger partial charge in [-0.3, -0.25) is 9.59 Å². The van der Waals surface area contributed by atoms with E-state index < -0.39 is 5.97 Å². The predicted octanol–water partition coefficient (Wildman–Crippen LogP) is 5.43. The quantitative estimate of drug-likeness (QED) is 0.288. The number of nitrogens with zero attached hydrogens (tertiary/aromatic N) is 1. The molecule has 38 heavy (non-hydrogen) atoms. The van der Waals surface area contributed by atoms with Crippen molar-refractivity contribution < 1.29 is 28.6 Å². The van der Waals surface area contributed by atoms with E-state index in [1.54, 1.807) is 32.5 Å². The Morgan fingerprint density at radius 3 is 2.50 bits per heavy atom. The Morgan fingerprint density at radius 1 is 1.11 bits per heavy atom. The van der Waals surface area contributed by atoms with E-state index in [1.165, 1.54) is 19.3 Å². The topological polar surface area (TPSA) is 123 Å². The predicted molar refractivity (Wildman–Crippen MR) is 143 cm³/mol. The first-order valence-electron chi connectivity index (χ1n) is 13.0. The van der Waals surface area contributed by atoms with Gasteiger partial charge < -0.3 is 29.6 Å². The summed E-state index contributed by atoms with van der Waals surface area (Å²) in [6, 6.07) is 13.1. The average molecular weight is 522 g/mol. The highest BCUT2D eigenvalue weighted by Crippen LogP contribution is 2.41. The highest BCUT2D eigenvalue weighted by Gasteiger charge is 2.30. The summed E-state index contributed by atoms with van der Waals surface area (Å²) in [4.78, 5) is 27.4. The number of carboxylic acid groups (broad SMARTS) is 1. The lowest BCUT2D eigenvalue weighted by atomic mass is 9.81. The molecule has 1 aliphatic carbocycles. The van der Waals surface area contributed by atoms with Crippen molar-refractivity contribution in [2.45, 2.75) is 51.2 Å². The van der Waals surface area contributed by atoms with Gasteiger partial charge in [0.05, 0.1) is 19.6 Å². The SMILES string of the molecule is COCc1oc(-c2ccc(OC)nc2)cc1C(Nc1ccc(C(=O)NCCC(=O)O)cc1)C1CCCCC1. The summed E-state index contributed by atoms with van der Waals surface area (Å²) >= 11 is 0. The summed E-state index contributed by atoms with van der Waals surface area (Å²) in [5, 5.41) is 15.1. The van der Waals surface area contributed by atoms with Crippen LogP contribution in [-0.2, 0) is 16.1 Å². The van der Waals surface area contributed by atoms with Crippen LogP contribution in [0.3, 0.4) is 0 Å². The zero-order valence-corrected chi connectivity index (χ0v) is 21.9. The third-order valence-corrected chi connectivity index (χ3v) is 6.90. The summed E-state index contributed by atoms with van der Waals surface area (Å²) in [6.45, 7) is 0.437. The van der Waals surface area contributed by atoms with Crippen LogP contribution in [0.25, 0.3) is 11.3 Å². The number of hydrogen-bond donors (Lipinski definition) is 3. The number of ether oxygens (including phenoxy) is 2. The first kappa shape index (κ1) is 27.2. The molecule has 4 rings (SSSR count). The van der Waals surface area contributed by atoms with Crippen molar-refractivity contribution in [2.75, 3.05) is 26.1 Å². The second-order valence-electron chi connectivity index (χ2n) is 9.51. The maximum atomic E-state index is 12.4. The van der Waals surface area contributed by atoms with E-state index in [9.17, 15) is 9.59 Å². The average Bonchev–Trinajstić information content (AvgIpc) is 3.36. The van der Waals surface area contributed by atoms with Crippen LogP contribution in [0, 0.1) is 5.92 Å². The number of pyridine rings is 1. The fraction of sp³-hybridized carbons (Fsp3) is 0.414. The second-order valence-corrected chi connectivity index (χ2v) is 9.51. The van der Waals surface area contributed by atoms with Crippen LogP contribution < -0.4 is 15.4 Å². The molecule has 0 bridgehead atoms. The van der Waals surface area contributed by atoms with Crippen LogP contribution >= 0.6 is 0 Å². The van der Waals surface area contributed by atoms with Gasteiger partial charge in [0.1, 0.15) is 18.1 Å². The first-order valence-corrected chi connectivity index (χ1v) is 13.0. The molecule has 1 aromatic carbocycles. The van der Waals surface area contributed by atoms with Crippen molar-refractivity contribution >= 4 is 17.6 Å². The maximum Gasteiger partial charge on any atom is 0.305 e. The number of anilines is 1. The summed E-state index contributed by atoms with van der Waals surface area (Å²) < 4.78 is 17.0. The molecule has 1 unspecified atom stereocenters. The van der Waals surface area contributed by atoms with Crippen molar-refractivity contribution in [3.63, 3.8) is 0 Å². The van der Waals surface area contributed by atoms with E-state index in [1.807, 2.05) is 24.3 Å². The Kier molecular flexibility index (Phi) is 9.37. The number of aromatic nitrogens is 1. The molecule has 0 spiro atoms. The number of rotatable bonds is 12. The van der Waals surface area contributed by atoms with E-state index >= 15 is 0 Å². The van der Waals surface area contributed by atoms with Crippen molar-refractivity contribution in [3.8, 4) is 17.2 Å². The van der Waals surface area contributed by atoms with Crippen molar-refractivity contribution in [2.24, 2.45) is 5.92 Å². The van der Waals surface area contributed by atoms with E-state index in [-0.39, 0.29) is 24.9 Å². The van der Waals surface area contributed by atoms with Gasteiger partial charge in [0, 0.05) is 48.3 Å². The molecule has 0 aliphatic heterocycles. The minimum atomic E-state index is -0.947. The van der Waals surface area contributed by atoms with Crippen molar-refractivity contribution in [1.29, 1.82) is 0 Å². The van der Waals surface area contributed by atoms with Gasteiger partial charge in [-0.25, -0.2) is 4.98 Å². The second kappa shape index (κ2) is 13.1. The van der Waals surface area contributed by atoms with Crippen LogP contribution in [0.5, 0.6) is 5.88 Å². The molecule has 2 aromatic heterocycles. The molecule has 9 nitrogen and oxygen atoms in total. The van der Waals surface area contributed by atoms with Crippen molar-refractivity contribution in [1.82, 2.24) is 10.3 Å². The number of methoxy groups -OCH3 is 2. The minimum absolute atomic E-state index is 0.000555. The number of carbonyl (C=O) groups is 2. The van der Waals surface area contributed by atoms with E-state index in [0.29, 0.717) is 24.0 Å². The number of carbonyl (C=O) groups excluding carboxylic acids is 1. The molecular weight excluding hydrogens is 486 g/mol. The van der Waals surface area contributed by atoms with Crippen LogP contribution in [-0.4, -0.2) is 42.7 Å². The Morgan fingerprint density at radius 2 is 1.87 bits per heavy atom. The highest BCUT2D eigenvalue weighted by atomic mass is 16.5. The lowest BCUT2D eigenvalue weighted by Gasteiger charge is -2.32. The lowest BCUT2D eigenvalue weighted by molar-refractivity contribution is -0.136. The number of carboxylic acids is 1. The molecular formula is C29H35N3O6. The monoisotopic (exact) mass is 521 g/mol. The van der Waals surface area contributed by atoms with Gasteiger partial charge >= 0.3 is 5.97 Å². The van der Waals surface area contributed by atoms with Gasteiger partial charge in [-0.1, -0.05) is 19.3 Å². The van der Waals surface area contributed by atoms with Crippen LogP contribution in [0.1, 0.15) is 66.2 Å². The molecule has 1 aliphatic rings. The Bertz CT molecular complexity index is 1200. The molecule has 9 heteroatoms. The zero-order valence-electron chi connectivity index (χ0n) is 21.9. The number of amides is 1. The molecule has 1 saturated carbocycles. The standard InChI is InChI=1S/C29H35N3O6/c1-36-18-25-23(16-24(38-25)21-10-13-26(37-2)31-17-21)28(19-6-4-3-5-7-19)32-22-11-8-20(9-12-22)29(35)30-15-14-27(33)34/h8-13,16-17,19,28,32H,3-7,14-15,18H2,1-2H3,(H,30,35)(H,33,34). The largest absolute Gasteiger partial charge is 0.481 e.